The Morgan fingerprint density at radius 1 is 1.11 bits per heavy atom. The molecule has 0 aliphatic carbocycles. The van der Waals surface area contributed by atoms with E-state index in [4.69, 9.17) is 39.4 Å². The van der Waals surface area contributed by atoms with E-state index in [1.54, 1.807) is 12.1 Å². The second-order valence-corrected chi connectivity index (χ2v) is 7.10. The average Bonchev–Trinajstić information content (AvgIpc) is 3.25. The maximum absolute atomic E-state index is 6.50. The lowest BCUT2D eigenvalue weighted by Crippen LogP contribution is -2.19. The minimum absolute atomic E-state index is 0.0804. The summed E-state index contributed by atoms with van der Waals surface area (Å²) in [6.45, 7) is 1.86. The van der Waals surface area contributed by atoms with E-state index >= 15 is 0 Å². The van der Waals surface area contributed by atoms with Gasteiger partial charge in [-0.15, -0.1) is 5.10 Å². The molecule has 2 heterocycles. The molecule has 1 aliphatic heterocycles. The van der Waals surface area contributed by atoms with Crippen LogP contribution in [0.15, 0.2) is 36.4 Å². The van der Waals surface area contributed by atoms with Gasteiger partial charge in [-0.2, -0.15) is 9.67 Å². The molecule has 9 heteroatoms. The summed E-state index contributed by atoms with van der Waals surface area (Å²) in [5.74, 6) is 1.06. The van der Waals surface area contributed by atoms with E-state index in [-0.39, 0.29) is 18.0 Å². The Hall–Kier alpha value is -2.48. The SMILES string of the molecule is Nc1nc(N)n(-c2cc(Cl)c(-c3ccc(O[C@H]4CCNC4)cc3)c(Cl)c2)n1. The van der Waals surface area contributed by atoms with Crippen molar-refractivity contribution in [3.05, 3.63) is 46.4 Å². The van der Waals surface area contributed by atoms with Crippen LogP contribution >= 0.6 is 23.2 Å². The van der Waals surface area contributed by atoms with Crippen LogP contribution in [-0.4, -0.2) is 34.0 Å². The van der Waals surface area contributed by atoms with Crippen LogP contribution in [0.1, 0.15) is 6.42 Å². The van der Waals surface area contributed by atoms with Gasteiger partial charge in [-0.05, 0) is 42.8 Å². The highest BCUT2D eigenvalue weighted by molar-refractivity contribution is 6.39. The summed E-state index contributed by atoms with van der Waals surface area (Å²) in [5.41, 5.74) is 13.6. The lowest BCUT2D eigenvalue weighted by atomic mass is 10.0. The molecule has 0 unspecified atom stereocenters. The molecule has 5 N–H and O–H groups in total. The Balaban J connectivity index is 1.62. The van der Waals surface area contributed by atoms with Gasteiger partial charge in [0, 0.05) is 12.1 Å². The van der Waals surface area contributed by atoms with Gasteiger partial charge in [-0.25, -0.2) is 0 Å². The highest BCUT2D eigenvalue weighted by Crippen LogP contribution is 2.37. The van der Waals surface area contributed by atoms with Crippen LogP contribution in [0.3, 0.4) is 0 Å². The molecule has 1 aliphatic rings. The standard InChI is InChI=1S/C18H18Cl2N6O/c19-14-7-11(26-18(22)24-17(21)25-26)8-15(20)16(14)10-1-3-12(4-2-10)27-13-5-6-23-9-13/h1-4,7-8,13,23H,5-6,9H2,(H4,21,22,24,25)/t13-/m0/s1. The predicted molar refractivity (Wildman–Crippen MR) is 108 cm³/mol. The molecule has 0 saturated carbocycles. The topological polar surface area (TPSA) is 104 Å². The van der Waals surface area contributed by atoms with Gasteiger partial charge in [-0.3, -0.25) is 0 Å². The number of benzene rings is 2. The lowest BCUT2D eigenvalue weighted by molar-refractivity contribution is 0.223. The van der Waals surface area contributed by atoms with E-state index in [0.29, 0.717) is 15.7 Å². The van der Waals surface area contributed by atoms with Crippen molar-refractivity contribution in [2.45, 2.75) is 12.5 Å². The highest BCUT2D eigenvalue weighted by atomic mass is 35.5. The highest BCUT2D eigenvalue weighted by Gasteiger charge is 2.17. The molecule has 0 amide bonds. The number of aromatic nitrogens is 3. The summed E-state index contributed by atoms with van der Waals surface area (Å²) in [7, 11) is 0. The van der Waals surface area contributed by atoms with E-state index in [2.05, 4.69) is 15.4 Å². The fraction of sp³-hybridized carbons (Fsp3) is 0.222. The second kappa shape index (κ2) is 7.26. The van der Waals surface area contributed by atoms with Gasteiger partial charge in [0.2, 0.25) is 11.9 Å². The van der Waals surface area contributed by atoms with Crippen LogP contribution < -0.4 is 21.5 Å². The van der Waals surface area contributed by atoms with Gasteiger partial charge in [0.05, 0.1) is 15.7 Å². The quantitative estimate of drug-likeness (QED) is 0.616. The van der Waals surface area contributed by atoms with Crippen molar-refractivity contribution >= 4 is 35.1 Å². The fourth-order valence-corrected chi connectivity index (χ4v) is 3.80. The normalized spacial score (nSPS) is 16.6. The molecule has 0 radical (unpaired) electrons. The molecule has 1 fully saturated rings. The number of nitrogens with two attached hydrogens (primary N) is 2. The van der Waals surface area contributed by atoms with Gasteiger partial charge in [0.1, 0.15) is 11.9 Å². The molecule has 3 aromatic rings. The molecule has 1 saturated heterocycles. The van der Waals surface area contributed by atoms with Crippen LogP contribution in [-0.2, 0) is 0 Å². The van der Waals surface area contributed by atoms with Gasteiger partial charge in [0.15, 0.2) is 0 Å². The molecular formula is C18H18Cl2N6O. The predicted octanol–water partition coefficient (Wildman–Crippen LogP) is 3.15. The molecule has 4 rings (SSSR count). The van der Waals surface area contributed by atoms with E-state index in [9.17, 15) is 0 Å². The Bertz CT molecular complexity index is 943. The number of hydrogen-bond acceptors (Lipinski definition) is 6. The first-order chi connectivity index (χ1) is 13.0. The molecule has 0 spiro atoms. The Morgan fingerprint density at radius 3 is 2.37 bits per heavy atom. The van der Waals surface area contributed by atoms with E-state index in [0.717, 1.165) is 36.4 Å². The van der Waals surface area contributed by atoms with Gasteiger partial charge in [-0.1, -0.05) is 35.3 Å². The van der Waals surface area contributed by atoms with Crippen LogP contribution in [0, 0.1) is 0 Å². The van der Waals surface area contributed by atoms with Crippen LogP contribution in [0.25, 0.3) is 16.8 Å². The molecular weight excluding hydrogens is 387 g/mol. The van der Waals surface area contributed by atoms with E-state index in [1.165, 1.54) is 4.68 Å². The number of ether oxygens (including phenoxy) is 1. The number of halogens is 2. The maximum atomic E-state index is 6.50. The first kappa shape index (κ1) is 17.9. The zero-order chi connectivity index (χ0) is 19.0. The summed E-state index contributed by atoms with van der Waals surface area (Å²) in [4.78, 5) is 3.88. The van der Waals surface area contributed by atoms with Crippen molar-refractivity contribution in [3.63, 3.8) is 0 Å². The van der Waals surface area contributed by atoms with Crippen molar-refractivity contribution in [2.24, 2.45) is 0 Å². The average molecular weight is 405 g/mol. The Kier molecular flexibility index (Phi) is 4.82. The minimum atomic E-state index is 0.0804. The van der Waals surface area contributed by atoms with Crippen molar-refractivity contribution in [1.29, 1.82) is 0 Å². The molecule has 1 aromatic heterocycles. The van der Waals surface area contributed by atoms with Crippen molar-refractivity contribution in [1.82, 2.24) is 20.1 Å². The Labute approximate surface area is 166 Å². The van der Waals surface area contributed by atoms with Crippen molar-refractivity contribution < 1.29 is 4.74 Å². The summed E-state index contributed by atoms with van der Waals surface area (Å²) < 4.78 is 7.34. The zero-order valence-corrected chi connectivity index (χ0v) is 15.8. The van der Waals surface area contributed by atoms with Crippen LogP contribution in [0.4, 0.5) is 11.9 Å². The monoisotopic (exact) mass is 404 g/mol. The van der Waals surface area contributed by atoms with Crippen molar-refractivity contribution in [2.75, 3.05) is 24.6 Å². The van der Waals surface area contributed by atoms with Gasteiger partial charge >= 0.3 is 0 Å². The van der Waals surface area contributed by atoms with Crippen LogP contribution in [0.2, 0.25) is 10.0 Å². The Morgan fingerprint density at radius 2 is 1.81 bits per heavy atom. The number of anilines is 2. The largest absolute Gasteiger partial charge is 0.489 e. The summed E-state index contributed by atoms with van der Waals surface area (Å²) >= 11 is 13.0. The van der Waals surface area contributed by atoms with Gasteiger partial charge < -0.3 is 21.5 Å². The summed E-state index contributed by atoms with van der Waals surface area (Å²) in [5, 5.41) is 8.27. The number of hydrogen-bond donors (Lipinski definition) is 3. The van der Waals surface area contributed by atoms with Gasteiger partial charge in [0.25, 0.3) is 0 Å². The second-order valence-electron chi connectivity index (χ2n) is 6.28. The molecule has 1 atom stereocenters. The summed E-state index contributed by atoms with van der Waals surface area (Å²) in [6.07, 6.45) is 1.22. The third-order valence-corrected chi connectivity index (χ3v) is 4.98. The smallest absolute Gasteiger partial charge is 0.241 e. The first-order valence-corrected chi connectivity index (χ1v) is 9.22. The van der Waals surface area contributed by atoms with E-state index < -0.39 is 0 Å². The maximum Gasteiger partial charge on any atom is 0.241 e. The lowest BCUT2D eigenvalue weighted by Gasteiger charge is -2.14. The van der Waals surface area contributed by atoms with Crippen molar-refractivity contribution in [3.8, 4) is 22.6 Å². The molecule has 0 bridgehead atoms. The number of nitrogens with zero attached hydrogens (tertiary/aromatic N) is 3. The molecule has 7 nitrogen and oxygen atoms in total. The first-order valence-electron chi connectivity index (χ1n) is 8.46. The third kappa shape index (κ3) is 3.66. The third-order valence-electron chi connectivity index (χ3n) is 4.38. The van der Waals surface area contributed by atoms with E-state index in [1.807, 2.05) is 24.3 Å². The molecule has 27 heavy (non-hydrogen) atoms. The number of rotatable bonds is 4. The molecule has 2 aromatic carbocycles. The minimum Gasteiger partial charge on any atom is -0.489 e. The number of nitrogen functional groups attached to an aromatic ring is 2. The fourth-order valence-electron chi connectivity index (χ4n) is 3.11. The molecule has 140 valence electrons. The van der Waals surface area contributed by atoms with Crippen LogP contribution in [0.5, 0.6) is 5.75 Å². The number of nitrogens with one attached hydrogen (secondary N) is 1. The summed E-state index contributed by atoms with van der Waals surface area (Å²) in [6, 6.07) is 11.2. The zero-order valence-electron chi connectivity index (χ0n) is 14.3.